The maximum absolute atomic E-state index is 12.0. The molecule has 3 aromatic rings. The van der Waals surface area contributed by atoms with Crippen LogP contribution in [0.4, 0.5) is 5.69 Å². The molecular formula is C23H33ClN4O9P2Si. The smallest absolute Gasteiger partial charge is 0.340 e. The SMILES string of the molecule is C[C@H](Nc1cc(Cl)nc2c1cnn2[C@@H]1O[C@H](COP(=O)(O)CP(=O)(O)O)[C@@H](O)[C@H]1O)c1ccc([Si](C)(C)C)cc1. The first-order chi connectivity index (χ1) is 18.4. The van der Waals surface area contributed by atoms with Gasteiger partial charge in [0.2, 0.25) is 0 Å². The van der Waals surface area contributed by atoms with Crippen molar-refractivity contribution >= 4 is 56.8 Å². The van der Waals surface area contributed by atoms with Crippen molar-refractivity contribution in [1.29, 1.82) is 0 Å². The molecule has 13 nitrogen and oxygen atoms in total. The minimum absolute atomic E-state index is 0.0975. The highest BCUT2D eigenvalue weighted by Gasteiger charge is 2.46. The van der Waals surface area contributed by atoms with E-state index in [1.54, 1.807) is 6.07 Å². The summed E-state index contributed by atoms with van der Waals surface area (Å²) in [6.45, 7) is 8.15. The number of nitrogens with zero attached hydrogens (tertiary/aromatic N) is 3. The predicted molar refractivity (Wildman–Crippen MR) is 153 cm³/mol. The van der Waals surface area contributed by atoms with Crippen LogP contribution in [0.3, 0.4) is 0 Å². The molecule has 4 rings (SSSR count). The van der Waals surface area contributed by atoms with Gasteiger partial charge in [-0.2, -0.15) is 5.10 Å². The minimum Gasteiger partial charge on any atom is -0.387 e. The number of aromatic nitrogens is 3. The van der Waals surface area contributed by atoms with Gasteiger partial charge in [0.15, 0.2) is 17.8 Å². The first-order valence-corrected chi connectivity index (χ1v) is 19.8. The molecule has 0 saturated carbocycles. The summed E-state index contributed by atoms with van der Waals surface area (Å²) < 4.78 is 34.7. The summed E-state index contributed by atoms with van der Waals surface area (Å²) >= 11 is 6.32. The molecule has 1 saturated heterocycles. The molecule has 1 aliphatic rings. The lowest BCUT2D eigenvalue weighted by Gasteiger charge is -2.20. The van der Waals surface area contributed by atoms with Crippen molar-refractivity contribution in [2.24, 2.45) is 0 Å². The van der Waals surface area contributed by atoms with E-state index in [0.717, 1.165) is 5.56 Å². The second kappa shape index (κ2) is 11.5. The first-order valence-electron chi connectivity index (χ1n) is 12.4. The fourth-order valence-electron chi connectivity index (χ4n) is 4.41. The number of benzene rings is 1. The molecule has 3 heterocycles. The molecule has 1 aromatic carbocycles. The number of hydrogen-bond donors (Lipinski definition) is 6. The third kappa shape index (κ3) is 7.20. The van der Waals surface area contributed by atoms with Gasteiger partial charge in [0.25, 0.3) is 0 Å². The van der Waals surface area contributed by atoms with Crippen LogP contribution in [-0.2, 0) is 18.4 Å². The topological polar surface area (TPSA) is 196 Å². The summed E-state index contributed by atoms with van der Waals surface area (Å²) in [5.41, 5.74) is 1.95. The van der Waals surface area contributed by atoms with Gasteiger partial charge >= 0.3 is 15.2 Å². The average Bonchev–Trinajstić information content (AvgIpc) is 3.36. The Bertz CT molecular complexity index is 1460. The van der Waals surface area contributed by atoms with Crippen molar-refractivity contribution in [3.05, 3.63) is 47.2 Å². The Kier molecular flexibility index (Phi) is 9.02. The van der Waals surface area contributed by atoms with E-state index in [4.69, 9.17) is 30.6 Å². The Morgan fingerprint density at radius 3 is 2.40 bits per heavy atom. The maximum Gasteiger partial charge on any atom is 0.340 e. The zero-order valence-electron chi connectivity index (χ0n) is 22.2. The van der Waals surface area contributed by atoms with Crippen LogP contribution in [0.5, 0.6) is 0 Å². The molecule has 2 aromatic heterocycles. The number of anilines is 1. The van der Waals surface area contributed by atoms with Gasteiger partial charge in [-0.1, -0.05) is 60.7 Å². The van der Waals surface area contributed by atoms with E-state index in [9.17, 15) is 24.2 Å². The van der Waals surface area contributed by atoms with Crippen LogP contribution < -0.4 is 10.5 Å². The van der Waals surface area contributed by atoms with Crippen molar-refractivity contribution in [2.45, 2.75) is 57.1 Å². The molecule has 40 heavy (non-hydrogen) atoms. The third-order valence-corrected chi connectivity index (χ3v) is 12.3. The largest absolute Gasteiger partial charge is 0.387 e. The summed E-state index contributed by atoms with van der Waals surface area (Å²) in [5.74, 6) is -1.39. The predicted octanol–water partition coefficient (Wildman–Crippen LogP) is 2.76. The highest BCUT2D eigenvalue weighted by molar-refractivity contribution is 7.70. The summed E-state index contributed by atoms with van der Waals surface area (Å²) in [5, 5.41) is 30.9. The van der Waals surface area contributed by atoms with Gasteiger partial charge in [0.1, 0.15) is 23.5 Å². The van der Waals surface area contributed by atoms with E-state index in [1.807, 2.05) is 6.92 Å². The molecule has 0 aliphatic carbocycles. The fraction of sp³-hybridized carbons (Fsp3) is 0.478. The van der Waals surface area contributed by atoms with E-state index < -0.39 is 60.3 Å². The Balaban J connectivity index is 1.54. The van der Waals surface area contributed by atoms with Crippen LogP contribution in [0.2, 0.25) is 24.8 Å². The summed E-state index contributed by atoms with van der Waals surface area (Å²) in [6.07, 6.45) is -4.14. The zero-order valence-corrected chi connectivity index (χ0v) is 25.8. The monoisotopic (exact) mass is 634 g/mol. The van der Waals surface area contributed by atoms with Crippen LogP contribution in [0.25, 0.3) is 11.0 Å². The van der Waals surface area contributed by atoms with Gasteiger partial charge in [-0.15, -0.1) is 0 Å². The first kappa shape index (κ1) is 31.3. The summed E-state index contributed by atoms with van der Waals surface area (Å²) in [4.78, 5) is 31.9. The number of aliphatic hydroxyl groups is 2. The number of halogens is 1. The van der Waals surface area contributed by atoms with Crippen molar-refractivity contribution in [1.82, 2.24) is 14.8 Å². The lowest BCUT2D eigenvalue weighted by atomic mass is 10.1. The molecule has 0 amide bonds. The number of ether oxygens (including phenoxy) is 1. The quantitative estimate of drug-likeness (QED) is 0.109. The molecule has 1 unspecified atom stereocenters. The molecule has 220 valence electrons. The minimum atomic E-state index is -4.83. The number of rotatable bonds is 10. The van der Waals surface area contributed by atoms with Crippen LogP contribution >= 0.6 is 26.8 Å². The zero-order chi connectivity index (χ0) is 29.6. The standard InChI is InChI=1S/C23H33ClN4O9P2Si/c1-13(14-5-7-15(8-6-14)40(2,3)4)26-17-9-19(24)27-22-16(17)10-25-28(22)23-21(30)20(29)18(37-23)11-36-39(34,35)12-38(31,32)33/h5-10,13,18,20-21,23,29-30H,11-12H2,1-4H3,(H,26,27)(H,34,35)(H2,31,32,33)/t13-,18+,20+,21+,23+/m0/s1. The Labute approximate surface area is 236 Å². The highest BCUT2D eigenvalue weighted by Crippen LogP contribution is 2.55. The van der Waals surface area contributed by atoms with Gasteiger partial charge in [-0.3, -0.25) is 9.13 Å². The average molecular weight is 635 g/mol. The fourth-order valence-corrected chi connectivity index (χ4v) is 8.34. The lowest BCUT2D eigenvalue weighted by Crippen LogP contribution is -2.37. The number of hydrogen-bond acceptors (Lipinski definition) is 9. The molecule has 17 heteroatoms. The molecule has 0 spiro atoms. The highest BCUT2D eigenvalue weighted by atomic mass is 35.5. The van der Waals surface area contributed by atoms with Gasteiger partial charge in [0.05, 0.1) is 32.0 Å². The summed E-state index contributed by atoms with van der Waals surface area (Å²) in [7, 11) is -11.0. The lowest BCUT2D eigenvalue weighted by molar-refractivity contribution is -0.0541. The van der Waals surface area contributed by atoms with Crippen molar-refractivity contribution in [3.63, 3.8) is 0 Å². The van der Waals surface area contributed by atoms with E-state index >= 15 is 0 Å². The Hall–Kier alpha value is -1.67. The van der Waals surface area contributed by atoms with Gasteiger partial charge in [-0.25, -0.2) is 9.67 Å². The molecule has 6 N–H and O–H groups in total. The van der Waals surface area contributed by atoms with Crippen molar-refractivity contribution < 1.29 is 43.3 Å². The van der Waals surface area contributed by atoms with Gasteiger partial charge in [-0.05, 0) is 18.6 Å². The van der Waals surface area contributed by atoms with Crippen LogP contribution in [0, 0.1) is 0 Å². The molecule has 6 atom stereocenters. The Morgan fingerprint density at radius 1 is 1.15 bits per heavy atom. The molecular weight excluding hydrogens is 602 g/mol. The molecule has 1 fully saturated rings. The van der Waals surface area contributed by atoms with Crippen LogP contribution in [0.15, 0.2) is 36.5 Å². The van der Waals surface area contributed by atoms with E-state index in [0.29, 0.717) is 11.1 Å². The van der Waals surface area contributed by atoms with Crippen molar-refractivity contribution in [3.8, 4) is 0 Å². The van der Waals surface area contributed by atoms with E-state index in [-0.39, 0.29) is 16.8 Å². The summed E-state index contributed by atoms with van der Waals surface area (Å²) in [6, 6.07) is 10.0. The molecule has 1 aliphatic heterocycles. The maximum atomic E-state index is 12.0. The number of pyridine rings is 1. The van der Waals surface area contributed by atoms with E-state index in [1.165, 1.54) is 16.1 Å². The van der Waals surface area contributed by atoms with Crippen molar-refractivity contribution in [2.75, 3.05) is 17.8 Å². The number of nitrogens with one attached hydrogen (secondary N) is 1. The molecule has 0 radical (unpaired) electrons. The van der Waals surface area contributed by atoms with Crippen LogP contribution in [-0.4, -0.2) is 78.6 Å². The Morgan fingerprint density at radius 2 is 1.80 bits per heavy atom. The number of fused-ring (bicyclic) bond motifs is 1. The van der Waals surface area contributed by atoms with E-state index in [2.05, 4.69) is 59.3 Å². The van der Waals surface area contributed by atoms with Crippen LogP contribution in [0.1, 0.15) is 24.8 Å². The number of aliphatic hydroxyl groups excluding tert-OH is 2. The normalized spacial score (nSPS) is 24.2. The third-order valence-electron chi connectivity index (χ3n) is 6.57. The molecule has 0 bridgehead atoms. The second-order valence-electron chi connectivity index (χ2n) is 10.8. The second-order valence-corrected chi connectivity index (χ2v) is 20.3. The van der Waals surface area contributed by atoms with Gasteiger partial charge in [0, 0.05) is 6.04 Å². The van der Waals surface area contributed by atoms with Gasteiger partial charge < -0.3 is 39.5 Å².